The van der Waals surface area contributed by atoms with Crippen molar-refractivity contribution in [3.05, 3.63) is 23.8 Å². The van der Waals surface area contributed by atoms with E-state index in [2.05, 4.69) is 11.2 Å². The molecule has 0 aliphatic carbocycles. The fourth-order valence-electron chi connectivity index (χ4n) is 1.64. The van der Waals surface area contributed by atoms with Gasteiger partial charge in [0.05, 0.1) is 5.41 Å². The first kappa shape index (κ1) is 15.9. The van der Waals surface area contributed by atoms with E-state index in [1.165, 1.54) is 6.07 Å². The van der Waals surface area contributed by atoms with Gasteiger partial charge >= 0.3 is 6.09 Å². The van der Waals surface area contributed by atoms with E-state index in [1.54, 1.807) is 32.9 Å². The van der Waals surface area contributed by atoms with Crippen molar-refractivity contribution >= 4 is 11.8 Å². The Morgan fingerprint density at radius 2 is 1.90 bits per heavy atom. The second-order valence-electron chi connectivity index (χ2n) is 6.13. The molecule has 1 rings (SSSR count). The molecule has 0 aromatic heterocycles. The minimum absolute atomic E-state index is 0.0431. The Balaban J connectivity index is 2.90. The van der Waals surface area contributed by atoms with Crippen LogP contribution in [-0.4, -0.2) is 16.8 Å². The Morgan fingerprint density at radius 1 is 1.30 bits per heavy atom. The van der Waals surface area contributed by atoms with Crippen molar-refractivity contribution in [3.63, 3.8) is 0 Å². The van der Waals surface area contributed by atoms with Crippen molar-refractivity contribution in [1.29, 1.82) is 0 Å². The van der Waals surface area contributed by atoms with Gasteiger partial charge < -0.3 is 9.84 Å². The van der Waals surface area contributed by atoms with Crippen LogP contribution in [0.3, 0.4) is 0 Å². The van der Waals surface area contributed by atoms with Gasteiger partial charge in [0.15, 0.2) is 0 Å². The summed E-state index contributed by atoms with van der Waals surface area (Å²) in [5.74, 6) is 2.66. The van der Waals surface area contributed by atoms with Crippen molar-refractivity contribution in [3.8, 4) is 18.1 Å². The van der Waals surface area contributed by atoms with E-state index >= 15 is 0 Å². The van der Waals surface area contributed by atoms with Gasteiger partial charge in [0.1, 0.15) is 11.4 Å². The summed E-state index contributed by atoms with van der Waals surface area (Å²) < 4.78 is 5.14. The number of phenolic OH excluding ortho intramolecular Hbond substituents is 1. The maximum atomic E-state index is 11.6. The number of carbonyl (C=O) groups is 1. The monoisotopic (exact) mass is 275 g/mol. The van der Waals surface area contributed by atoms with Crippen LogP contribution < -0.4 is 5.32 Å². The lowest BCUT2D eigenvalue weighted by Gasteiger charge is -2.21. The quantitative estimate of drug-likeness (QED) is 0.810. The molecule has 1 amide bonds. The first-order valence-electron chi connectivity index (χ1n) is 6.36. The zero-order chi connectivity index (χ0) is 15.6. The number of aromatic hydroxyl groups is 1. The Hall–Kier alpha value is -2.15. The topological polar surface area (TPSA) is 58.6 Å². The molecule has 2 N–H and O–H groups in total. The van der Waals surface area contributed by atoms with Gasteiger partial charge in [-0.05, 0) is 40.7 Å². The van der Waals surface area contributed by atoms with Gasteiger partial charge in [-0.2, -0.15) is 0 Å². The molecule has 0 saturated heterocycles. The van der Waals surface area contributed by atoms with Gasteiger partial charge in [0.2, 0.25) is 0 Å². The molecule has 1 aromatic rings. The summed E-state index contributed by atoms with van der Waals surface area (Å²) in [7, 11) is 0. The Morgan fingerprint density at radius 3 is 2.35 bits per heavy atom. The fraction of sp³-hybridized carbons (Fsp3) is 0.438. The molecule has 0 aliphatic rings. The van der Waals surface area contributed by atoms with E-state index in [0.29, 0.717) is 11.3 Å². The summed E-state index contributed by atoms with van der Waals surface area (Å²) in [6.45, 7) is 9.01. The molecule has 20 heavy (non-hydrogen) atoms. The standard InChI is InChI=1S/C16H21NO3/c1-7-16(5,6)12-9-8-11(10-13(12)18)17-14(19)20-15(2,3)4/h1,8-10,18H,2-6H3,(H,17,19). The minimum atomic E-state index is -0.575. The highest BCUT2D eigenvalue weighted by Gasteiger charge is 2.22. The average Bonchev–Trinajstić information content (AvgIpc) is 2.25. The number of ether oxygens (including phenoxy) is 1. The maximum absolute atomic E-state index is 11.6. The number of hydrogen-bond acceptors (Lipinski definition) is 3. The smallest absolute Gasteiger partial charge is 0.412 e. The van der Waals surface area contributed by atoms with Gasteiger partial charge in [0, 0.05) is 17.3 Å². The van der Waals surface area contributed by atoms with Crippen LogP contribution in [-0.2, 0) is 10.2 Å². The SMILES string of the molecule is C#CC(C)(C)c1ccc(NC(=O)OC(C)(C)C)cc1O. The Bertz CT molecular complexity index is 548. The van der Waals surface area contributed by atoms with Gasteiger partial charge in [-0.25, -0.2) is 4.79 Å². The number of anilines is 1. The van der Waals surface area contributed by atoms with Crippen molar-refractivity contribution in [1.82, 2.24) is 0 Å². The van der Waals surface area contributed by atoms with Crippen LogP contribution in [0.1, 0.15) is 40.2 Å². The van der Waals surface area contributed by atoms with Crippen molar-refractivity contribution in [2.75, 3.05) is 5.32 Å². The number of phenols is 1. The lowest BCUT2D eigenvalue weighted by Crippen LogP contribution is -2.27. The number of amides is 1. The Kier molecular flexibility index (Phi) is 4.34. The third-order valence-corrected chi connectivity index (χ3v) is 2.68. The largest absolute Gasteiger partial charge is 0.508 e. The predicted octanol–water partition coefficient (Wildman–Crippen LogP) is 3.65. The number of carbonyl (C=O) groups excluding carboxylic acids is 1. The van der Waals surface area contributed by atoms with Crippen LogP contribution in [0, 0.1) is 12.3 Å². The molecule has 0 unspecified atom stereocenters. The predicted molar refractivity (Wildman–Crippen MR) is 79.8 cm³/mol. The lowest BCUT2D eigenvalue weighted by atomic mass is 9.85. The number of rotatable bonds is 2. The van der Waals surface area contributed by atoms with E-state index in [-0.39, 0.29) is 5.75 Å². The summed E-state index contributed by atoms with van der Waals surface area (Å²) >= 11 is 0. The van der Waals surface area contributed by atoms with E-state index in [4.69, 9.17) is 11.2 Å². The molecule has 0 spiro atoms. The molecule has 0 heterocycles. The molecule has 4 nitrogen and oxygen atoms in total. The number of benzene rings is 1. The van der Waals surface area contributed by atoms with E-state index in [9.17, 15) is 9.90 Å². The molecule has 0 saturated carbocycles. The molecule has 4 heteroatoms. The lowest BCUT2D eigenvalue weighted by molar-refractivity contribution is 0.0636. The molecule has 0 fully saturated rings. The van der Waals surface area contributed by atoms with Crippen molar-refractivity contribution < 1.29 is 14.6 Å². The van der Waals surface area contributed by atoms with Gasteiger partial charge in [-0.3, -0.25) is 5.32 Å². The van der Waals surface area contributed by atoms with Gasteiger partial charge in [-0.15, -0.1) is 6.42 Å². The summed E-state index contributed by atoms with van der Waals surface area (Å²) in [5, 5.41) is 12.6. The number of hydrogen-bond donors (Lipinski definition) is 2. The Labute approximate surface area is 120 Å². The molecular formula is C16H21NO3. The third kappa shape index (κ3) is 4.20. The molecular weight excluding hydrogens is 254 g/mol. The van der Waals surface area contributed by atoms with Crippen LogP contribution in [0.15, 0.2) is 18.2 Å². The van der Waals surface area contributed by atoms with E-state index < -0.39 is 17.1 Å². The third-order valence-electron chi connectivity index (χ3n) is 2.68. The molecule has 0 bridgehead atoms. The summed E-state index contributed by atoms with van der Waals surface area (Å²) in [6.07, 6.45) is 4.88. The molecule has 0 aliphatic heterocycles. The highest BCUT2D eigenvalue weighted by molar-refractivity contribution is 5.85. The fourth-order valence-corrected chi connectivity index (χ4v) is 1.64. The molecule has 108 valence electrons. The molecule has 0 radical (unpaired) electrons. The van der Waals surface area contributed by atoms with Crippen molar-refractivity contribution in [2.24, 2.45) is 0 Å². The second-order valence-corrected chi connectivity index (χ2v) is 6.13. The summed E-state index contributed by atoms with van der Waals surface area (Å²) in [5.41, 5.74) is -0.0606. The van der Waals surface area contributed by atoms with Crippen LogP contribution in [0.5, 0.6) is 5.75 Å². The molecule has 1 aromatic carbocycles. The number of nitrogens with one attached hydrogen (secondary N) is 1. The first-order chi connectivity index (χ1) is 9.05. The summed E-state index contributed by atoms with van der Waals surface area (Å²) in [4.78, 5) is 11.6. The maximum Gasteiger partial charge on any atom is 0.412 e. The first-order valence-corrected chi connectivity index (χ1v) is 6.36. The highest BCUT2D eigenvalue weighted by Crippen LogP contribution is 2.32. The van der Waals surface area contributed by atoms with E-state index in [0.717, 1.165) is 0 Å². The normalized spacial score (nSPS) is 11.6. The summed E-state index contributed by atoms with van der Waals surface area (Å²) in [6, 6.07) is 4.83. The van der Waals surface area contributed by atoms with Gasteiger partial charge in [-0.1, -0.05) is 12.0 Å². The van der Waals surface area contributed by atoms with Crippen molar-refractivity contribution in [2.45, 2.75) is 45.6 Å². The second kappa shape index (κ2) is 5.46. The zero-order valence-electron chi connectivity index (χ0n) is 12.6. The van der Waals surface area contributed by atoms with Crippen LogP contribution in [0.4, 0.5) is 10.5 Å². The van der Waals surface area contributed by atoms with Crippen LogP contribution >= 0.6 is 0 Å². The minimum Gasteiger partial charge on any atom is -0.508 e. The highest BCUT2D eigenvalue weighted by atomic mass is 16.6. The van der Waals surface area contributed by atoms with E-state index in [1.807, 2.05) is 13.8 Å². The zero-order valence-corrected chi connectivity index (χ0v) is 12.6. The van der Waals surface area contributed by atoms with Gasteiger partial charge in [0.25, 0.3) is 0 Å². The molecule has 0 atom stereocenters. The van der Waals surface area contributed by atoms with Crippen LogP contribution in [0.25, 0.3) is 0 Å². The number of terminal acetylenes is 1. The average molecular weight is 275 g/mol. The van der Waals surface area contributed by atoms with Crippen LogP contribution in [0.2, 0.25) is 0 Å².